The molecule has 0 N–H and O–H groups in total. The van der Waals surface area contributed by atoms with Crippen molar-refractivity contribution in [3.8, 4) is 0 Å². The molecule has 0 bridgehead atoms. The van der Waals surface area contributed by atoms with Gasteiger partial charge in [0.25, 0.3) is 5.91 Å². The zero-order valence-electron chi connectivity index (χ0n) is 13.7. The first-order valence-electron chi connectivity index (χ1n) is 7.62. The number of likely N-dealkylation sites (N-methyl/N-ethyl adjacent to an activating group) is 1. The van der Waals surface area contributed by atoms with E-state index in [1.54, 1.807) is 50.5 Å². The number of thiophene rings is 1. The normalized spacial score (nSPS) is 12.0. The smallest absolute Gasteiger partial charge is 0.349 e. The fourth-order valence-corrected chi connectivity index (χ4v) is 3.33. The second-order valence-corrected chi connectivity index (χ2v) is 6.81. The average Bonchev–Trinajstić information content (AvgIpc) is 3.02. The van der Waals surface area contributed by atoms with E-state index in [-0.39, 0.29) is 11.7 Å². The number of fused-ring (bicyclic) bond motifs is 1. The standard InChI is InChI=1S/C19H16FNO3S/c1-21(2)18(22)17(12-6-4-3-5-7-12)24-19(23)16-11-13-10-14(20)8-9-15(13)25-16/h3-11,17H,1-2H3/t17-/m1/s1. The minimum Gasteiger partial charge on any atom is -0.443 e. The summed E-state index contributed by atoms with van der Waals surface area (Å²) in [6, 6.07) is 14.8. The number of amides is 1. The molecule has 3 rings (SSSR count). The summed E-state index contributed by atoms with van der Waals surface area (Å²) < 4.78 is 19.6. The third-order valence-corrected chi connectivity index (χ3v) is 4.77. The highest BCUT2D eigenvalue weighted by atomic mass is 32.1. The fraction of sp³-hybridized carbons (Fsp3) is 0.158. The first-order chi connectivity index (χ1) is 12.0. The Morgan fingerprint density at radius 3 is 2.48 bits per heavy atom. The van der Waals surface area contributed by atoms with Crippen molar-refractivity contribution < 1.29 is 18.7 Å². The van der Waals surface area contributed by atoms with Crippen LogP contribution in [-0.4, -0.2) is 30.9 Å². The maximum Gasteiger partial charge on any atom is 0.349 e. The predicted octanol–water partition coefficient (Wildman–Crippen LogP) is 4.03. The van der Waals surface area contributed by atoms with Crippen LogP contribution in [0.15, 0.2) is 54.6 Å². The summed E-state index contributed by atoms with van der Waals surface area (Å²) in [7, 11) is 3.21. The zero-order chi connectivity index (χ0) is 18.0. The lowest BCUT2D eigenvalue weighted by Gasteiger charge is -2.20. The van der Waals surface area contributed by atoms with Crippen LogP contribution in [0, 0.1) is 5.82 Å². The van der Waals surface area contributed by atoms with E-state index in [0.717, 1.165) is 4.70 Å². The van der Waals surface area contributed by atoms with Gasteiger partial charge in [-0.3, -0.25) is 4.79 Å². The molecule has 128 valence electrons. The van der Waals surface area contributed by atoms with Crippen LogP contribution in [0.2, 0.25) is 0 Å². The van der Waals surface area contributed by atoms with Gasteiger partial charge >= 0.3 is 5.97 Å². The van der Waals surface area contributed by atoms with Crippen molar-refractivity contribution in [1.29, 1.82) is 0 Å². The molecule has 0 aliphatic carbocycles. The van der Waals surface area contributed by atoms with E-state index >= 15 is 0 Å². The third-order valence-electron chi connectivity index (χ3n) is 3.67. The Morgan fingerprint density at radius 2 is 1.80 bits per heavy atom. The first-order valence-corrected chi connectivity index (χ1v) is 8.43. The van der Waals surface area contributed by atoms with Crippen LogP contribution in [-0.2, 0) is 9.53 Å². The molecule has 0 saturated carbocycles. The Hall–Kier alpha value is -2.73. The molecule has 2 aromatic carbocycles. The Morgan fingerprint density at radius 1 is 1.08 bits per heavy atom. The van der Waals surface area contributed by atoms with Gasteiger partial charge in [0.15, 0.2) is 0 Å². The summed E-state index contributed by atoms with van der Waals surface area (Å²) in [4.78, 5) is 26.7. The van der Waals surface area contributed by atoms with E-state index in [1.807, 2.05) is 6.07 Å². The fourth-order valence-electron chi connectivity index (χ4n) is 2.40. The van der Waals surface area contributed by atoms with Gasteiger partial charge in [0.1, 0.15) is 10.7 Å². The summed E-state index contributed by atoms with van der Waals surface area (Å²) in [6.07, 6.45) is -1.02. The number of nitrogens with zero attached hydrogens (tertiary/aromatic N) is 1. The van der Waals surface area contributed by atoms with Gasteiger partial charge in [-0.1, -0.05) is 30.3 Å². The number of carbonyl (C=O) groups is 2. The van der Waals surface area contributed by atoms with Gasteiger partial charge in [-0.25, -0.2) is 9.18 Å². The lowest BCUT2D eigenvalue weighted by molar-refractivity contribution is -0.138. The summed E-state index contributed by atoms with van der Waals surface area (Å²) >= 11 is 1.21. The van der Waals surface area contributed by atoms with Gasteiger partial charge < -0.3 is 9.64 Å². The minimum absolute atomic E-state index is 0.327. The van der Waals surface area contributed by atoms with Crippen molar-refractivity contribution in [2.75, 3.05) is 14.1 Å². The maximum atomic E-state index is 13.3. The van der Waals surface area contributed by atoms with Gasteiger partial charge in [-0.05, 0) is 29.7 Å². The van der Waals surface area contributed by atoms with E-state index < -0.39 is 12.1 Å². The number of rotatable bonds is 4. The second kappa shape index (κ2) is 7.03. The number of hydrogen-bond donors (Lipinski definition) is 0. The Labute approximate surface area is 148 Å². The van der Waals surface area contributed by atoms with Crippen molar-refractivity contribution in [2.24, 2.45) is 0 Å². The number of carbonyl (C=O) groups excluding carboxylic acids is 2. The third kappa shape index (κ3) is 3.69. The molecule has 1 heterocycles. The van der Waals surface area contributed by atoms with Crippen molar-refractivity contribution in [3.63, 3.8) is 0 Å². The molecule has 1 atom stereocenters. The molecule has 1 aromatic heterocycles. The molecule has 4 nitrogen and oxygen atoms in total. The molecular formula is C19H16FNO3S. The van der Waals surface area contributed by atoms with Crippen LogP contribution in [0.5, 0.6) is 0 Å². The SMILES string of the molecule is CN(C)C(=O)[C@H](OC(=O)c1cc2cc(F)ccc2s1)c1ccccc1. The van der Waals surface area contributed by atoms with E-state index in [1.165, 1.54) is 28.4 Å². The molecule has 0 aliphatic rings. The van der Waals surface area contributed by atoms with Crippen LogP contribution >= 0.6 is 11.3 Å². The lowest BCUT2D eigenvalue weighted by Crippen LogP contribution is -2.31. The maximum absolute atomic E-state index is 13.3. The summed E-state index contributed by atoms with van der Waals surface area (Å²) in [6.45, 7) is 0. The van der Waals surface area contributed by atoms with Crippen LogP contribution in [0.4, 0.5) is 4.39 Å². The summed E-state index contributed by atoms with van der Waals surface area (Å²) in [5.74, 6) is -1.30. The van der Waals surface area contributed by atoms with Gasteiger partial charge in [-0.15, -0.1) is 11.3 Å². The van der Waals surface area contributed by atoms with Gasteiger partial charge in [0, 0.05) is 24.4 Å². The van der Waals surface area contributed by atoms with E-state index in [9.17, 15) is 14.0 Å². The first kappa shape index (κ1) is 17.1. The quantitative estimate of drug-likeness (QED) is 0.663. The zero-order valence-corrected chi connectivity index (χ0v) is 14.5. The van der Waals surface area contributed by atoms with E-state index in [2.05, 4.69) is 0 Å². The van der Waals surface area contributed by atoms with Crippen molar-refractivity contribution in [1.82, 2.24) is 4.90 Å². The lowest BCUT2D eigenvalue weighted by atomic mass is 10.1. The van der Waals surface area contributed by atoms with E-state index in [4.69, 9.17) is 4.74 Å². The summed E-state index contributed by atoms with van der Waals surface area (Å²) in [5.41, 5.74) is 0.599. The Kier molecular flexibility index (Phi) is 4.81. The van der Waals surface area contributed by atoms with Crippen molar-refractivity contribution in [3.05, 3.63) is 70.9 Å². The molecule has 0 aliphatic heterocycles. The minimum atomic E-state index is -1.02. The van der Waals surface area contributed by atoms with Gasteiger partial charge in [0.05, 0.1) is 0 Å². The van der Waals surface area contributed by atoms with E-state index in [0.29, 0.717) is 15.8 Å². The largest absolute Gasteiger partial charge is 0.443 e. The molecular weight excluding hydrogens is 341 g/mol. The van der Waals surface area contributed by atoms with Crippen LogP contribution in [0.3, 0.4) is 0 Å². The highest BCUT2D eigenvalue weighted by molar-refractivity contribution is 7.20. The molecule has 0 saturated heterocycles. The van der Waals surface area contributed by atoms with Crippen molar-refractivity contribution >= 4 is 33.3 Å². The molecule has 6 heteroatoms. The molecule has 25 heavy (non-hydrogen) atoms. The molecule has 0 spiro atoms. The summed E-state index contributed by atoms with van der Waals surface area (Å²) in [5, 5.41) is 0.632. The van der Waals surface area contributed by atoms with Gasteiger partial charge in [-0.2, -0.15) is 0 Å². The average molecular weight is 357 g/mol. The predicted molar refractivity (Wildman–Crippen MR) is 95.1 cm³/mol. The molecule has 0 fully saturated rings. The number of halogens is 1. The van der Waals surface area contributed by atoms with Crippen molar-refractivity contribution in [2.45, 2.75) is 6.10 Å². The Bertz CT molecular complexity index is 921. The number of ether oxygens (including phenoxy) is 1. The Balaban J connectivity index is 1.90. The highest BCUT2D eigenvalue weighted by Gasteiger charge is 2.27. The second-order valence-electron chi connectivity index (χ2n) is 5.72. The van der Waals surface area contributed by atoms with Crippen LogP contribution < -0.4 is 0 Å². The topological polar surface area (TPSA) is 46.6 Å². The number of hydrogen-bond acceptors (Lipinski definition) is 4. The monoisotopic (exact) mass is 357 g/mol. The van der Waals surface area contributed by atoms with Crippen LogP contribution in [0.1, 0.15) is 21.3 Å². The number of esters is 1. The van der Waals surface area contributed by atoms with Crippen LogP contribution in [0.25, 0.3) is 10.1 Å². The molecule has 3 aromatic rings. The van der Waals surface area contributed by atoms with Gasteiger partial charge in [0.2, 0.25) is 6.10 Å². The molecule has 0 radical (unpaired) electrons. The number of benzene rings is 2. The molecule has 1 amide bonds. The highest BCUT2D eigenvalue weighted by Crippen LogP contribution is 2.29. The molecule has 0 unspecified atom stereocenters.